The van der Waals surface area contributed by atoms with Crippen LogP contribution in [0.5, 0.6) is 5.88 Å². The van der Waals surface area contributed by atoms with Crippen molar-refractivity contribution in [3.8, 4) is 5.88 Å². The van der Waals surface area contributed by atoms with Gasteiger partial charge in [-0.3, -0.25) is 4.79 Å². The van der Waals surface area contributed by atoms with Crippen LogP contribution in [0.1, 0.15) is 6.92 Å². The number of alkyl halides is 4. The van der Waals surface area contributed by atoms with E-state index in [1.165, 1.54) is 18.3 Å². The number of nitrogens with one attached hydrogen (secondary N) is 2. The van der Waals surface area contributed by atoms with E-state index in [0.717, 1.165) is 0 Å². The average molecular weight is 424 g/mol. The van der Waals surface area contributed by atoms with Crippen LogP contribution >= 0.6 is 24.8 Å². The van der Waals surface area contributed by atoms with Crippen molar-refractivity contribution >= 4 is 36.4 Å². The van der Waals surface area contributed by atoms with E-state index >= 15 is 0 Å². The third-order valence-electron chi connectivity index (χ3n) is 3.33. The SMILES string of the molecule is C[C@H]1OCCN[C@@H]1C(=O)Nc1ccc(OCC(F)(F)C(F)F)nc1.Cl.Cl. The molecule has 0 aromatic carbocycles. The highest BCUT2D eigenvalue weighted by Crippen LogP contribution is 2.24. The summed E-state index contributed by atoms with van der Waals surface area (Å²) in [6.07, 6.45) is -2.93. The molecule has 0 aliphatic carbocycles. The number of amides is 1. The lowest BCUT2D eigenvalue weighted by Gasteiger charge is -2.29. The van der Waals surface area contributed by atoms with Gasteiger partial charge in [0.25, 0.3) is 0 Å². The number of pyridine rings is 1. The molecule has 6 nitrogen and oxygen atoms in total. The Morgan fingerprint density at radius 2 is 2.15 bits per heavy atom. The Hall–Kier alpha value is -1.36. The predicted molar refractivity (Wildman–Crippen MR) is 91.0 cm³/mol. The van der Waals surface area contributed by atoms with Gasteiger partial charge in [-0.05, 0) is 13.0 Å². The molecule has 1 saturated heterocycles. The minimum Gasteiger partial charge on any atom is -0.471 e. The Labute approximate surface area is 159 Å². The van der Waals surface area contributed by atoms with Gasteiger partial charge >= 0.3 is 12.3 Å². The van der Waals surface area contributed by atoms with Crippen molar-refractivity contribution in [3.05, 3.63) is 18.3 Å². The summed E-state index contributed by atoms with van der Waals surface area (Å²) in [5.74, 6) is -4.83. The van der Waals surface area contributed by atoms with Gasteiger partial charge in [0.15, 0.2) is 6.61 Å². The molecular formula is C14H19Cl2F4N3O3. The summed E-state index contributed by atoms with van der Waals surface area (Å²) in [4.78, 5) is 15.8. The van der Waals surface area contributed by atoms with E-state index in [9.17, 15) is 22.4 Å². The van der Waals surface area contributed by atoms with Crippen LogP contribution in [-0.2, 0) is 9.53 Å². The molecule has 150 valence electrons. The van der Waals surface area contributed by atoms with Crippen LogP contribution in [0.2, 0.25) is 0 Å². The second-order valence-corrected chi connectivity index (χ2v) is 5.23. The van der Waals surface area contributed by atoms with Gasteiger partial charge in [0.1, 0.15) is 6.04 Å². The number of hydrogen-bond acceptors (Lipinski definition) is 5. The number of morpholine rings is 1. The Morgan fingerprint density at radius 3 is 2.69 bits per heavy atom. The highest BCUT2D eigenvalue weighted by molar-refractivity contribution is 5.95. The number of halogens is 6. The Bertz CT molecular complexity index is 567. The molecular weight excluding hydrogens is 405 g/mol. The lowest BCUT2D eigenvalue weighted by molar-refractivity contribution is -0.148. The molecule has 1 aliphatic rings. The van der Waals surface area contributed by atoms with Crippen molar-refractivity contribution in [2.45, 2.75) is 31.4 Å². The van der Waals surface area contributed by atoms with Crippen LogP contribution in [0.25, 0.3) is 0 Å². The van der Waals surface area contributed by atoms with Crippen LogP contribution in [0.3, 0.4) is 0 Å². The first-order valence-corrected chi connectivity index (χ1v) is 7.20. The zero-order valence-corrected chi connectivity index (χ0v) is 15.2. The normalized spacial score (nSPS) is 19.9. The van der Waals surface area contributed by atoms with Gasteiger partial charge in [0.05, 0.1) is 24.6 Å². The fraction of sp³-hybridized carbons (Fsp3) is 0.571. The maximum absolute atomic E-state index is 12.7. The molecule has 26 heavy (non-hydrogen) atoms. The summed E-state index contributed by atoms with van der Waals surface area (Å²) in [5.41, 5.74) is 0.313. The van der Waals surface area contributed by atoms with E-state index in [1.807, 2.05) is 0 Å². The molecule has 0 saturated carbocycles. The Kier molecular flexibility index (Phi) is 10.1. The van der Waals surface area contributed by atoms with Crippen LogP contribution < -0.4 is 15.4 Å². The minimum absolute atomic E-state index is 0. The van der Waals surface area contributed by atoms with Gasteiger partial charge in [0.2, 0.25) is 11.8 Å². The van der Waals surface area contributed by atoms with Gasteiger partial charge in [0, 0.05) is 12.6 Å². The topological polar surface area (TPSA) is 72.5 Å². The summed E-state index contributed by atoms with van der Waals surface area (Å²) in [6.45, 7) is 1.34. The molecule has 2 rings (SSSR count). The fourth-order valence-corrected chi connectivity index (χ4v) is 2.02. The predicted octanol–water partition coefficient (Wildman–Crippen LogP) is 2.52. The minimum atomic E-state index is -4.25. The van der Waals surface area contributed by atoms with E-state index < -0.39 is 25.0 Å². The number of rotatable bonds is 6. The summed E-state index contributed by atoms with van der Waals surface area (Å²) >= 11 is 0. The molecule has 1 aromatic rings. The number of carbonyl (C=O) groups is 1. The molecule has 0 spiro atoms. The molecule has 1 aromatic heterocycles. The highest BCUT2D eigenvalue weighted by atomic mass is 35.5. The Morgan fingerprint density at radius 1 is 1.46 bits per heavy atom. The lowest BCUT2D eigenvalue weighted by Crippen LogP contribution is -2.53. The molecule has 2 atom stereocenters. The average Bonchev–Trinajstić information content (AvgIpc) is 2.54. The fourth-order valence-electron chi connectivity index (χ4n) is 2.02. The number of nitrogens with zero attached hydrogens (tertiary/aromatic N) is 1. The quantitative estimate of drug-likeness (QED) is 0.687. The molecule has 1 aliphatic heterocycles. The van der Waals surface area contributed by atoms with Gasteiger partial charge < -0.3 is 20.1 Å². The first-order valence-electron chi connectivity index (χ1n) is 7.20. The summed E-state index contributed by atoms with van der Waals surface area (Å²) < 4.78 is 59.4. The van der Waals surface area contributed by atoms with E-state index in [0.29, 0.717) is 18.8 Å². The van der Waals surface area contributed by atoms with Crippen LogP contribution in [0, 0.1) is 0 Å². The smallest absolute Gasteiger partial charge is 0.340 e. The van der Waals surface area contributed by atoms with E-state index in [-0.39, 0.29) is 42.7 Å². The monoisotopic (exact) mass is 423 g/mol. The first-order chi connectivity index (χ1) is 11.3. The molecule has 12 heteroatoms. The maximum Gasteiger partial charge on any atom is 0.340 e. The molecule has 0 radical (unpaired) electrons. The standard InChI is InChI=1S/C14H17F4N3O3.2ClH/c1-8-11(19-4-5-23-8)12(22)21-9-2-3-10(20-6-9)24-7-14(17,18)13(15)16;;/h2-3,6,8,11,13,19H,4-5,7H2,1H3,(H,21,22);2*1H/t8-,11+;;/m1../s1. The van der Waals surface area contributed by atoms with Gasteiger partial charge in [-0.15, -0.1) is 24.8 Å². The molecule has 2 heterocycles. The van der Waals surface area contributed by atoms with Crippen LogP contribution in [0.4, 0.5) is 23.2 Å². The summed E-state index contributed by atoms with van der Waals surface area (Å²) in [7, 11) is 0. The molecule has 1 fully saturated rings. The maximum atomic E-state index is 12.7. The van der Waals surface area contributed by atoms with E-state index in [2.05, 4.69) is 20.4 Å². The summed E-state index contributed by atoms with van der Waals surface area (Å²) in [5, 5.41) is 5.60. The zero-order chi connectivity index (χ0) is 17.7. The van der Waals surface area contributed by atoms with Crippen molar-refractivity contribution < 1.29 is 31.8 Å². The van der Waals surface area contributed by atoms with E-state index in [1.54, 1.807) is 6.92 Å². The highest BCUT2D eigenvalue weighted by Gasteiger charge is 2.41. The zero-order valence-electron chi connectivity index (χ0n) is 13.6. The first kappa shape index (κ1) is 24.6. The Balaban J connectivity index is 0.00000312. The largest absolute Gasteiger partial charge is 0.471 e. The molecule has 2 N–H and O–H groups in total. The van der Waals surface area contributed by atoms with Crippen molar-refractivity contribution in [1.82, 2.24) is 10.3 Å². The van der Waals surface area contributed by atoms with Crippen LogP contribution in [-0.4, -0.2) is 55.1 Å². The van der Waals surface area contributed by atoms with Crippen LogP contribution in [0.15, 0.2) is 18.3 Å². The van der Waals surface area contributed by atoms with E-state index in [4.69, 9.17) is 4.74 Å². The summed E-state index contributed by atoms with van der Waals surface area (Å²) in [6, 6.07) is 2.04. The van der Waals surface area contributed by atoms with Crippen molar-refractivity contribution in [1.29, 1.82) is 0 Å². The van der Waals surface area contributed by atoms with Crippen molar-refractivity contribution in [2.24, 2.45) is 0 Å². The lowest BCUT2D eigenvalue weighted by atomic mass is 10.1. The number of hydrogen-bond donors (Lipinski definition) is 2. The third kappa shape index (κ3) is 6.75. The second kappa shape index (κ2) is 10.7. The van der Waals surface area contributed by atoms with Gasteiger partial charge in [-0.2, -0.15) is 8.78 Å². The number of carbonyl (C=O) groups excluding carboxylic acids is 1. The molecule has 1 amide bonds. The second-order valence-electron chi connectivity index (χ2n) is 5.23. The number of ether oxygens (including phenoxy) is 2. The molecule has 0 bridgehead atoms. The van der Waals surface area contributed by atoms with Crippen molar-refractivity contribution in [3.63, 3.8) is 0 Å². The van der Waals surface area contributed by atoms with Gasteiger partial charge in [-0.1, -0.05) is 0 Å². The number of anilines is 1. The van der Waals surface area contributed by atoms with Crippen molar-refractivity contribution in [2.75, 3.05) is 25.1 Å². The van der Waals surface area contributed by atoms with Gasteiger partial charge in [-0.25, -0.2) is 13.8 Å². The number of aromatic nitrogens is 1. The molecule has 0 unspecified atom stereocenters. The third-order valence-corrected chi connectivity index (χ3v) is 3.33.